The number of nitrogens with zero attached hydrogens (tertiary/aromatic N) is 4. The van der Waals surface area contributed by atoms with Crippen molar-refractivity contribution in [3.8, 4) is 0 Å². The quantitative estimate of drug-likeness (QED) is 0.935. The zero-order chi connectivity index (χ0) is 14.7. The summed E-state index contributed by atoms with van der Waals surface area (Å²) in [5.74, 6) is 1.09. The number of aromatic nitrogens is 3. The molecule has 0 radical (unpaired) electrons. The average molecular weight is 285 g/mol. The van der Waals surface area contributed by atoms with Crippen LogP contribution in [0, 0.1) is 0 Å². The first-order valence-corrected chi connectivity index (χ1v) is 7.63. The third-order valence-electron chi connectivity index (χ3n) is 4.18. The summed E-state index contributed by atoms with van der Waals surface area (Å²) in [4.78, 5) is 6.80. The lowest BCUT2D eigenvalue weighted by atomic mass is 10.0. The zero-order valence-electron chi connectivity index (χ0n) is 12.7. The third-order valence-corrected chi connectivity index (χ3v) is 4.18. The molecule has 0 aromatic carbocycles. The van der Waals surface area contributed by atoms with Crippen molar-refractivity contribution in [2.24, 2.45) is 7.05 Å². The Hall–Kier alpha value is -1.88. The topological polar surface area (TPSA) is 46.0 Å². The van der Waals surface area contributed by atoms with Gasteiger partial charge in [-0.05, 0) is 31.9 Å². The highest BCUT2D eigenvalue weighted by atomic mass is 15.2. The van der Waals surface area contributed by atoms with E-state index in [0.717, 1.165) is 31.7 Å². The maximum absolute atomic E-state index is 4.43. The summed E-state index contributed by atoms with van der Waals surface area (Å²) in [5, 5.41) is 7.96. The Kier molecular flexibility index (Phi) is 4.20. The standard InChI is InChI=1S/C16H23N5/c1-13(14-11-18-20(2)12-14)19-15-6-9-21(10-7-15)16-5-3-4-8-17-16/h3-5,8,11-13,15,19H,6-7,9-10H2,1-2H3. The van der Waals surface area contributed by atoms with E-state index in [2.05, 4.69) is 45.6 Å². The maximum atomic E-state index is 4.43. The lowest BCUT2D eigenvalue weighted by molar-refractivity contribution is 0.380. The summed E-state index contributed by atoms with van der Waals surface area (Å²) < 4.78 is 1.86. The van der Waals surface area contributed by atoms with Gasteiger partial charge in [-0.1, -0.05) is 6.07 Å². The molecule has 5 heteroatoms. The van der Waals surface area contributed by atoms with Crippen molar-refractivity contribution in [3.63, 3.8) is 0 Å². The third kappa shape index (κ3) is 3.42. The van der Waals surface area contributed by atoms with Gasteiger partial charge >= 0.3 is 0 Å². The molecule has 2 aromatic heterocycles. The van der Waals surface area contributed by atoms with Crippen LogP contribution >= 0.6 is 0 Å². The van der Waals surface area contributed by atoms with E-state index in [4.69, 9.17) is 0 Å². The van der Waals surface area contributed by atoms with Crippen LogP contribution in [0.4, 0.5) is 5.82 Å². The van der Waals surface area contributed by atoms with Crippen LogP contribution in [0.1, 0.15) is 31.4 Å². The van der Waals surface area contributed by atoms with Crippen LogP contribution in [0.3, 0.4) is 0 Å². The number of rotatable bonds is 4. The number of aryl methyl sites for hydroxylation is 1. The van der Waals surface area contributed by atoms with Gasteiger partial charge in [0.15, 0.2) is 0 Å². The summed E-state index contributed by atoms with van der Waals surface area (Å²) in [6, 6.07) is 7.03. The van der Waals surface area contributed by atoms with E-state index in [9.17, 15) is 0 Å². The highest BCUT2D eigenvalue weighted by molar-refractivity contribution is 5.38. The number of pyridine rings is 1. The van der Waals surface area contributed by atoms with Gasteiger partial charge in [0.2, 0.25) is 0 Å². The van der Waals surface area contributed by atoms with Crippen LogP contribution in [0.2, 0.25) is 0 Å². The molecule has 1 N–H and O–H groups in total. The van der Waals surface area contributed by atoms with Crippen molar-refractivity contribution in [2.75, 3.05) is 18.0 Å². The van der Waals surface area contributed by atoms with Crippen molar-refractivity contribution in [1.29, 1.82) is 0 Å². The Morgan fingerprint density at radius 1 is 1.29 bits per heavy atom. The molecule has 1 atom stereocenters. The Bertz CT molecular complexity index is 557. The number of piperidine rings is 1. The fraction of sp³-hybridized carbons (Fsp3) is 0.500. The van der Waals surface area contributed by atoms with Gasteiger partial charge in [-0.3, -0.25) is 4.68 Å². The molecule has 2 aromatic rings. The fourth-order valence-electron chi connectivity index (χ4n) is 2.93. The molecule has 1 saturated heterocycles. The van der Waals surface area contributed by atoms with Gasteiger partial charge in [0.05, 0.1) is 6.20 Å². The molecule has 3 heterocycles. The largest absolute Gasteiger partial charge is 0.357 e. The second-order valence-electron chi connectivity index (χ2n) is 5.78. The molecule has 1 aliphatic rings. The SMILES string of the molecule is CC(NC1CCN(c2ccccn2)CC1)c1cnn(C)c1. The van der Waals surface area contributed by atoms with Gasteiger partial charge in [0.1, 0.15) is 5.82 Å². The molecule has 21 heavy (non-hydrogen) atoms. The van der Waals surface area contributed by atoms with E-state index in [1.165, 1.54) is 5.56 Å². The van der Waals surface area contributed by atoms with E-state index >= 15 is 0 Å². The van der Waals surface area contributed by atoms with Crippen LogP contribution in [0.15, 0.2) is 36.8 Å². The molecule has 1 aliphatic heterocycles. The summed E-state index contributed by atoms with van der Waals surface area (Å²) in [6.45, 7) is 4.34. The first-order valence-electron chi connectivity index (χ1n) is 7.63. The fourth-order valence-corrected chi connectivity index (χ4v) is 2.93. The summed E-state index contributed by atoms with van der Waals surface area (Å²) in [5.41, 5.74) is 1.25. The van der Waals surface area contributed by atoms with E-state index < -0.39 is 0 Å². The highest BCUT2D eigenvalue weighted by Gasteiger charge is 2.21. The molecule has 0 bridgehead atoms. The van der Waals surface area contributed by atoms with Gasteiger partial charge in [-0.15, -0.1) is 0 Å². The van der Waals surface area contributed by atoms with Crippen LogP contribution in [-0.2, 0) is 7.05 Å². The minimum Gasteiger partial charge on any atom is -0.357 e. The second-order valence-corrected chi connectivity index (χ2v) is 5.78. The van der Waals surface area contributed by atoms with E-state index in [-0.39, 0.29) is 0 Å². The predicted molar refractivity (Wildman–Crippen MR) is 84.2 cm³/mol. The van der Waals surface area contributed by atoms with Gasteiger partial charge in [-0.2, -0.15) is 5.10 Å². The van der Waals surface area contributed by atoms with Gasteiger partial charge in [-0.25, -0.2) is 4.98 Å². The zero-order valence-corrected chi connectivity index (χ0v) is 12.7. The lowest BCUT2D eigenvalue weighted by Gasteiger charge is -2.34. The Morgan fingerprint density at radius 3 is 2.71 bits per heavy atom. The van der Waals surface area contributed by atoms with E-state index in [1.54, 1.807) is 0 Å². The first-order chi connectivity index (χ1) is 10.2. The molecule has 0 saturated carbocycles. The van der Waals surface area contributed by atoms with Crippen molar-refractivity contribution < 1.29 is 0 Å². The Labute approximate surface area is 126 Å². The predicted octanol–water partition coefficient (Wildman–Crippen LogP) is 2.13. The second kappa shape index (κ2) is 6.26. The smallest absolute Gasteiger partial charge is 0.128 e. The van der Waals surface area contributed by atoms with Crippen molar-refractivity contribution in [1.82, 2.24) is 20.1 Å². The summed E-state index contributed by atoms with van der Waals surface area (Å²) >= 11 is 0. The molecular formula is C16H23N5. The molecular weight excluding hydrogens is 262 g/mol. The van der Waals surface area contributed by atoms with Crippen LogP contribution in [0.5, 0.6) is 0 Å². The molecule has 112 valence electrons. The minimum absolute atomic E-state index is 0.352. The molecule has 1 fully saturated rings. The van der Waals surface area contributed by atoms with Crippen LogP contribution < -0.4 is 10.2 Å². The van der Waals surface area contributed by atoms with E-state index in [1.807, 2.05) is 30.2 Å². The number of anilines is 1. The molecule has 0 amide bonds. The molecule has 3 rings (SSSR count). The molecule has 0 aliphatic carbocycles. The van der Waals surface area contributed by atoms with Crippen LogP contribution in [0.25, 0.3) is 0 Å². The minimum atomic E-state index is 0.352. The maximum Gasteiger partial charge on any atom is 0.128 e. The van der Waals surface area contributed by atoms with E-state index in [0.29, 0.717) is 12.1 Å². The average Bonchev–Trinajstić information content (AvgIpc) is 2.96. The molecule has 5 nitrogen and oxygen atoms in total. The van der Waals surface area contributed by atoms with Gasteiger partial charge < -0.3 is 10.2 Å². The number of nitrogens with one attached hydrogen (secondary N) is 1. The number of hydrogen-bond donors (Lipinski definition) is 1. The molecule has 1 unspecified atom stereocenters. The highest BCUT2D eigenvalue weighted by Crippen LogP contribution is 2.20. The Morgan fingerprint density at radius 2 is 2.10 bits per heavy atom. The van der Waals surface area contributed by atoms with Gasteiger partial charge in [0.25, 0.3) is 0 Å². The lowest BCUT2D eigenvalue weighted by Crippen LogP contribution is -2.43. The van der Waals surface area contributed by atoms with Crippen molar-refractivity contribution in [3.05, 3.63) is 42.4 Å². The monoisotopic (exact) mass is 285 g/mol. The number of hydrogen-bond acceptors (Lipinski definition) is 4. The van der Waals surface area contributed by atoms with Crippen LogP contribution in [-0.4, -0.2) is 33.9 Å². The Balaban J connectivity index is 1.52. The van der Waals surface area contributed by atoms with Gasteiger partial charge in [0, 0.05) is 50.2 Å². The summed E-state index contributed by atoms with van der Waals surface area (Å²) in [7, 11) is 1.96. The van der Waals surface area contributed by atoms with Crippen molar-refractivity contribution >= 4 is 5.82 Å². The normalized spacial score (nSPS) is 17.9. The first kappa shape index (κ1) is 14.1. The summed E-state index contributed by atoms with van der Waals surface area (Å²) in [6.07, 6.45) is 8.20. The molecule has 0 spiro atoms. The van der Waals surface area contributed by atoms with Crippen molar-refractivity contribution in [2.45, 2.75) is 31.8 Å².